The van der Waals surface area contributed by atoms with E-state index in [-0.39, 0.29) is 5.56 Å². The number of rotatable bonds is 2. The topological polar surface area (TPSA) is 20.2 Å². The SMILES string of the molecule is Cc1c(Br)cccc1C(O)c1ccc(F)cc1F. The van der Waals surface area contributed by atoms with Gasteiger partial charge < -0.3 is 5.11 Å². The third kappa shape index (κ3) is 2.44. The van der Waals surface area contributed by atoms with Crippen LogP contribution in [0.1, 0.15) is 22.8 Å². The van der Waals surface area contributed by atoms with Crippen molar-refractivity contribution in [1.82, 2.24) is 0 Å². The van der Waals surface area contributed by atoms with Crippen molar-refractivity contribution in [2.75, 3.05) is 0 Å². The van der Waals surface area contributed by atoms with Crippen molar-refractivity contribution in [1.29, 1.82) is 0 Å². The van der Waals surface area contributed by atoms with Gasteiger partial charge >= 0.3 is 0 Å². The van der Waals surface area contributed by atoms with Crippen molar-refractivity contribution in [3.05, 3.63) is 69.2 Å². The molecule has 0 radical (unpaired) electrons. The number of halogens is 3. The van der Waals surface area contributed by atoms with Crippen LogP contribution in [0.2, 0.25) is 0 Å². The number of hydrogen-bond donors (Lipinski definition) is 1. The molecule has 0 heterocycles. The van der Waals surface area contributed by atoms with Gasteiger partial charge in [0.05, 0.1) is 0 Å². The molecule has 0 spiro atoms. The fraction of sp³-hybridized carbons (Fsp3) is 0.143. The molecule has 0 fully saturated rings. The van der Waals surface area contributed by atoms with Crippen LogP contribution in [0.3, 0.4) is 0 Å². The Kier molecular flexibility index (Phi) is 3.78. The summed E-state index contributed by atoms with van der Waals surface area (Å²) in [4.78, 5) is 0. The molecule has 0 amide bonds. The zero-order chi connectivity index (χ0) is 13.3. The maximum absolute atomic E-state index is 13.6. The first kappa shape index (κ1) is 13.2. The lowest BCUT2D eigenvalue weighted by molar-refractivity contribution is 0.214. The van der Waals surface area contributed by atoms with E-state index >= 15 is 0 Å². The molecular formula is C14H11BrF2O. The second kappa shape index (κ2) is 5.16. The third-order valence-corrected chi connectivity index (χ3v) is 3.72. The Labute approximate surface area is 112 Å². The molecule has 94 valence electrons. The van der Waals surface area contributed by atoms with Crippen LogP contribution in [0, 0.1) is 18.6 Å². The fourth-order valence-corrected chi connectivity index (χ4v) is 2.19. The minimum Gasteiger partial charge on any atom is -0.384 e. The molecular weight excluding hydrogens is 302 g/mol. The first-order chi connectivity index (χ1) is 8.50. The molecule has 0 saturated heterocycles. The molecule has 1 unspecified atom stereocenters. The number of hydrogen-bond acceptors (Lipinski definition) is 1. The van der Waals surface area contributed by atoms with E-state index in [9.17, 15) is 13.9 Å². The normalized spacial score (nSPS) is 12.5. The Hall–Kier alpha value is -1.26. The first-order valence-electron chi connectivity index (χ1n) is 5.38. The van der Waals surface area contributed by atoms with E-state index < -0.39 is 17.7 Å². The van der Waals surface area contributed by atoms with Crippen LogP contribution in [0.25, 0.3) is 0 Å². The highest BCUT2D eigenvalue weighted by Crippen LogP contribution is 2.30. The Morgan fingerprint density at radius 1 is 1.11 bits per heavy atom. The lowest BCUT2D eigenvalue weighted by Gasteiger charge is -2.15. The largest absolute Gasteiger partial charge is 0.384 e. The quantitative estimate of drug-likeness (QED) is 0.884. The number of benzene rings is 2. The highest BCUT2D eigenvalue weighted by molar-refractivity contribution is 9.10. The summed E-state index contributed by atoms with van der Waals surface area (Å²) >= 11 is 3.35. The monoisotopic (exact) mass is 312 g/mol. The average molecular weight is 313 g/mol. The first-order valence-corrected chi connectivity index (χ1v) is 6.18. The van der Waals surface area contributed by atoms with Gasteiger partial charge in [0.15, 0.2) is 0 Å². The van der Waals surface area contributed by atoms with Crippen LogP contribution < -0.4 is 0 Å². The molecule has 0 aromatic heterocycles. The van der Waals surface area contributed by atoms with Crippen LogP contribution in [0.15, 0.2) is 40.9 Å². The van der Waals surface area contributed by atoms with Crippen molar-refractivity contribution in [2.45, 2.75) is 13.0 Å². The molecule has 2 aromatic carbocycles. The zero-order valence-corrected chi connectivity index (χ0v) is 11.2. The maximum Gasteiger partial charge on any atom is 0.132 e. The van der Waals surface area contributed by atoms with Gasteiger partial charge in [-0.2, -0.15) is 0 Å². The van der Waals surface area contributed by atoms with Crippen LogP contribution in [0.5, 0.6) is 0 Å². The molecule has 4 heteroatoms. The summed E-state index contributed by atoms with van der Waals surface area (Å²) in [6.45, 7) is 1.82. The molecule has 18 heavy (non-hydrogen) atoms. The Morgan fingerprint density at radius 2 is 1.83 bits per heavy atom. The number of aliphatic hydroxyl groups is 1. The standard InChI is InChI=1S/C14H11BrF2O/c1-8-10(3-2-4-12(8)15)14(18)11-6-5-9(16)7-13(11)17/h2-7,14,18H,1H3. The molecule has 2 rings (SSSR count). The Bertz CT molecular complexity index is 584. The third-order valence-electron chi connectivity index (χ3n) is 2.86. The lowest BCUT2D eigenvalue weighted by Crippen LogP contribution is -2.05. The molecule has 0 bridgehead atoms. The summed E-state index contributed by atoms with van der Waals surface area (Å²) in [6, 6.07) is 8.48. The molecule has 0 aliphatic heterocycles. The van der Waals surface area contributed by atoms with Gasteiger partial charge in [0, 0.05) is 16.1 Å². The van der Waals surface area contributed by atoms with Crippen LogP contribution >= 0.6 is 15.9 Å². The molecule has 0 saturated carbocycles. The van der Waals surface area contributed by atoms with Crippen LogP contribution in [-0.4, -0.2) is 5.11 Å². The van der Waals surface area contributed by atoms with Gasteiger partial charge in [0.1, 0.15) is 17.7 Å². The second-order valence-corrected chi connectivity index (χ2v) is 4.88. The summed E-state index contributed by atoms with van der Waals surface area (Å²) in [7, 11) is 0. The molecule has 1 N–H and O–H groups in total. The molecule has 0 aliphatic carbocycles. The van der Waals surface area contributed by atoms with Crippen molar-refractivity contribution in [3.8, 4) is 0 Å². The molecule has 0 aliphatic rings. The summed E-state index contributed by atoms with van der Waals surface area (Å²) in [5.74, 6) is -1.41. The van der Waals surface area contributed by atoms with E-state index in [0.29, 0.717) is 5.56 Å². The van der Waals surface area contributed by atoms with Gasteiger partial charge in [-0.05, 0) is 30.2 Å². The summed E-state index contributed by atoms with van der Waals surface area (Å²) in [6.07, 6.45) is -1.11. The van der Waals surface area contributed by atoms with E-state index in [4.69, 9.17) is 0 Å². The predicted octanol–water partition coefficient (Wildman–Crippen LogP) is 4.12. The molecule has 1 nitrogen and oxygen atoms in total. The van der Waals surface area contributed by atoms with Crippen LogP contribution in [0.4, 0.5) is 8.78 Å². The minimum atomic E-state index is -1.11. The summed E-state index contributed by atoms with van der Waals surface area (Å²) in [5, 5.41) is 10.2. The van der Waals surface area contributed by atoms with Crippen molar-refractivity contribution >= 4 is 15.9 Å². The molecule has 1 atom stereocenters. The second-order valence-electron chi connectivity index (χ2n) is 4.02. The summed E-state index contributed by atoms with van der Waals surface area (Å²) < 4.78 is 27.3. The van der Waals surface area contributed by atoms with Gasteiger partial charge in [0.25, 0.3) is 0 Å². The van der Waals surface area contributed by atoms with Gasteiger partial charge in [-0.25, -0.2) is 8.78 Å². The van der Waals surface area contributed by atoms with Gasteiger partial charge in [0.2, 0.25) is 0 Å². The van der Waals surface area contributed by atoms with Gasteiger partial charge in [-0.15, -0.1) is 0 Å². The fourth-order valence-electron chi connectivity index (χ4n) is 1.81. The van der Waals surface area contributed by atoms with Crippen molar-refractivity contribution < 1.29 is 13.9 Å². The van der Waals surface area contributed by atoms with E-state index in [0.717, 1.165) is 22.2 Å². The predicted molar refractivity (Wildman–Crippen MR) is 69.3 cm³/mol. The van der Waals surface area contributed by atoms with Crippen molar-refractivity contribution in [3.63, 3.8) is 0 Å². The molecule has 2 aromatic rings. The maximum atomic E-state index is 13.6. The summed E-state index contributed by atoms with van der Waals surface area (Å²) in [5.41, 5.74) is 1.49. The highest BCUT2D eigenvalue weighted by Gasteiger charge is 2.18. The van der Waals surface area contributed by atoms with Crippen molar-refractivity contribution in [2.24, 2.45) is 0 Å². The van der Waals surface area contributed by atoms with E-state index in [2.05, 4.69) is 15.9 Å². The van der Waals surface area contributed by atoms with E-state index in [1.807, 2.05) is 13.0 Å². The Balaban J connectivity index is 2.48. The smallest absolute Gasteiger partial charge is 0.132 e. The average Bonchev–Trinajstić information content (AvgIpc) is 2.32. The van der Waals surface area contributed by atoms with Gasteiger partial charge in [-0.1, -0.05) is 34.1 Å². The van der Waals surface area contributed by atoms with E-state index in [1.54, 1.807) is 12.1 Å². The van der Waals surface area contributed by atoms with Crippen LogP contribution in [-0.2, 0) is 0 Å². The highest BCUT2D eigenvalue weighted by atomic mass is 79.9. The zero-order valence-electron chi connectivity index (χ0n) is 9.62. The van der Waals surface area contributed by atoms with Gasteiger partial charge in [-0.3, -0.25) is 0 Å². The Morgan fingerprint density at radius 3 is 2.50 bits per heavy atom. The van der Waals surface area contributed by atoms with E-state index in [1.165, 1.54) is 6.07 Å². The number of aliphatic hydroxyl groups excluding tert-OH is 1. The minimum absolute atomic E-state index is 0.0672. The lowest BCUT2D eigenvalue weighted by atomic mass is 9.97.